The normalized spacial score (nSPS) is 16.8. The van der Waals surface area contributed by atoms with Gasteiger partial charge in [-0.25, -0.2) is 11.7 Å². The van der Waals surface area contributed by atoms with Gasteiger partial charge in [0.05, 0.1) is 31.2 Å². The van der Waals surface area contributed by atoms with Crippen molar-refractivity contribution < 1.29 is 34.1 Å². The lowest BCUT2D eigenvalue weighted by molar-refractivity contribution is -0.137. The molecular weight excluding hydrogens is 374 g/mol. The van der Waals surface area contributed by atoms with Crippen molar-refractivity contribution in [2.75, 3.05) is 13.2 Å². The van der Waals surface area contributed by atoms with E-state index in [9.17, 15) is 29.4 Å². The zero-order valence-corrected chi connectivity index (χ0v) is 15.4. The number of aliphatic hydroxyl groups excluding tert-OH is 2. The molecule has 0 fully saturated rings. The maximum absolute atomic E-state index is 11.5. The minimum Gasteiger partial charge on any atom is -0.392 e. The van der Waals surface area contributed by atoms with Crippen LogP contribution >= 0.6 is 0 Å². The van der Waals surface area contributed by atoms with E-state index in [1.54, 1.807) is 0 Å². The van der Waals surface area contributed by atoms with Gasteiger partial charge in [0.15, 0.2) is 0 Å². The van der Waals surface area contributed by atoms with Crippen LogP contribution < -0.4 is 22.5 Å². The van der Waals surface area contributed by atoms with Gasteiger partial charge in [-0.1, -0.05) is 0 Å². The maximum atomic E-state index is 11.5. The lowest BCUT2D eigenvalue weighted by Crippen LogP contribution is -2.36. The van der Waals surface area contributed by atoms with Crippen molar-refractivity contribution in [2.24, 2.45) is 11.7 Å². The minimum atomic E-state index is -1.07. The van der Waals surface area contributed by atoms with E-state index in [0.29, 0.717) is 6.42 Å². The van der Waals surface area contributed by atoms with E-state index in [-0.39, 0.29) is 38.8 Å². The lowest BCUT2D eigenvalue weighted by Gasteiger charge is -2.23. The second-order valence-electron chi connectivity index (χ2n) is 6.33. The molecule has 0 aromatic carbocycles. The quantitative estimate of drug-likeness (QED) is 0.0610. The number of aliphatic hydroxyl groups is 2. The first-order valence-corrected chi connectivity index (χ1v) is 8.77. The molecule has 0 saturated carbocycles. The van der Waals surface area contributed by atoms with Crippen molar-refractivity contribution in [1.82, 2.24) is 15.8 Å². The summed E-state index contributed by atoms with van der Waals surface area (Å²) in [7, 11) is 0. The molecule has 158 valence electrons. The van der Waals surface area contributed by atoms with E-state index in [1.807, 2.05) is 10.9 Å². The van der Waals surface area contributed by atoms with Crippen molar-refractivity contribution in [2.45, 2.75) is 50.4 Å². The molecule has 12 heteroatoms. The highest BCUT2D eigenvalue weighted by Crippen LogP contribution is 2.15. The van der Waals surface area contributed by atoms with E-state index in [2.05, 4.69) is 0 Å². The Kier molecular flexibility index (Phi) is 10.3. The molecule has 0 radical (unpaired) electrons. The number of amides is 4. The van der Waals surface area contributed by atoms with Gasteiger partial charge in [0.2, 0.25) is 11.8 Å². The number of ether oxygens (including phenoxy) is 1. The van der Waals surface area contributed by atoms with Crippen LogP contribution in [-0.4, -0.2) is 70.2 Å². The molecule has 0 saturated heterocycles. The van der Waals surface area contributed by atoms with E-state index in [1.165, 1.54) is 12.2 Å². The van der Waals surface area contributed by atoms with E-state index < -0.39 is 41.9 Å². The lowest BCUT2D eigenvalue weighted by atomic mass is 10.0. The molecule has 8 N–H and O–H groups in total. The van der Waals surface area contributed by atoms with Gasteiger partial charge in [0.1, 0.15) is 0 Å². The summed E-state index contributed by atoms with van der Waals surface area (Å²) in [5.41, 5.74) is 3.81. The first kappa shape index (κ1) is 23.7. The summed E-state index contributed by atoms with van der Waals surface area (Å²) in [4.78, 5) is 46.5. The van der Waals surface area contributed by atoms with Gasteiger partial charge in [-0.2, -0.15) is 0 Å². The molecule has 12 nitrogen and oxygen atoms in total. The summed E-state index contributed by atoms with van der Waals surface area (Å²) in [6.07, 6.45) is -0.595. The van der Waals surface area contributed by atoms with Gasteiger partial charge in [0, 0.05) is 38.1 Å². The Morgan fingerprint density at radius 2 is 1.46 bits per heavy atom. The van der Waals surface area contributed by atoms with Gasteiger partial charge in [0.25, 0.3) is 11.8 Å². The molecule has 0 spiro atoms. The van der Waals surface area contributed by atoms with Crippen molar-refractivity contribution in [1.29, 1.82) is 0 Å². The first-order valence-electron chi connectivity index (χ1n) is 8.77. The number of carbonyl (C=O) groups is 4. The summed E-state index contributed by atoms with van der Waals surface area (Å²) in [6, 6.07) is 0. The third kappa shape index (κ3) is 8.54. The van der Waals surface area contributed by atoms with Gasteiger partial charge < -0.3 is 14.9 Å². The molecule has 0 aliphatic carbocycles. The number of nitrogens with two attached hydrogens (primary N) is 2. The fourth-order valence-corrected chi connectivity index (χ4v) is 2.68. The van der Waals surface area contributed by atoms with E-state index in [0.717, 1.165) is 4.90 Å². The summed E-state index contributed by atoms with van der Waals surface area (Å²) < 4.78 is 5.63. The number of nitrogens with zero attached hydrogens (tertiary/aromatic N) is 1. The number of hydrogen-bond acceptors (Lipinski definition) is 9. The number of imide groups is 1. The second kappa shape index (κ2) is 12.2. The monoisotopic (exact) mass is 401 g/mol. The molecule has 4 amide bonds. The molecule has 2 unspecified atom stereocenters. The summed E-state index contributed by atoms with van der Waals surface area (Å²) >= 11 is 0. The van der Waals surface area contributed by atoms with Crippen LogP contribution in [0.3, 0.4) is 0 Å². The Bertz CT molecular complexity index is 554. The summed E-state index contributed by atoms with van der Waals surface area (Å²) in [6.45, 7) is 0.293. The van der Waals surface area contributed by atoms with Gasteiger partial charge in [-0.05, 0) is 6.42 Å². The number of hydrogen-bond donors (Lipinski definition) is 6. The summed E-state index contributed by atoms with van der Waals surface area (Å²) in [5.74, 6) is 8.04. The minimum absolute atomic E-state index is 0.0118. The van der Waals surface area contributed by atoms with E-state index >= 15 is 0 Å². The maximum Gasteiger partial charge on any atom is 0.253 e. The average molecular weight is 401 g/mol. The van der Waals surface area contributed by atoms with Crippen molar-refractivity contribution in [3.8, 4) is 0 Å². The predicted octanol–water partition coefficient (Wildman–Crippen LogP) is -3.05. The molecular formula is C16H27N5O7. The SMILES string of the molecule is NNC(=O)CC(O)CC(CC(O)CC(=O)NN)OCCCN1C(=O)C=CC1=O. The average Bonchev–Trinajstić information content (AvgIpc) is 2.96. The zero-order chi connectivity index (χ0) is 21.1. The van der Waals surface area contributed by atoms with Crippen LogP contribution in [0.2, 0.25) is 0 Å². The Morgan fingerprint density at radius 1 is 1.00 bits per heavy atom. The Morgan fingerprint density at radius 3 is 1.89 bits per heavy atom. The van der Waals surface area contributed by atoms with Crippen molar-refractivity contribution in [3.05, 3.63) is 12.2 Å². The fraction of sp³-hybridized carbons (Fsp3) is 0.625. The fourth-order valence-electron chi connectivity index (χ4n) is 2.68. The summed E-state index contributed by atoms with van der Waals surface area (Å²) in [5, 5.41) is 20.0. The molecule has 0 aromatic rings. The van der Waals surface area contributed by atoms with Crippen LogP contribution in [0.5, 0.6) is 0 Å². The van der Waals surface area contributed by atoms with Crippen LogP contribution in [0.1, 0.15) is 32.1 Å². The second-order valence-corrected chi connectivity index (χ2v) is 6.33. The highest BCUT2D eigenvalue weighted by atomic mass is 16.5. The highest BCUT2D eigenvalue weighted by Gasteiger charge is 2.24. The van der Waals surface area contributed by atoms with Crippen LogP contribution in [0.25, 0.3) is 0 Å². The molecule has 0 bridgehead atoms. The molecule has 2 atom stereocenters. The highest BCUT2D eigenvalue weighted by molar-refractivity contribution is 6.12. The van der Waals surface area contributed by atoms with Gasteiger partial charge >= 0.3 is 0 Å². The van der Waals surface area contributed by atoms with Crippen molar-refractivity contribution >= 4 is 23.6 Å². The van der Waals surface area contributed by atoms with Crippen molar-refractivity contribution in [3.63, 3.8) is 0 Å². The molecule has 1 heterocycles. The smallest absolute Gasteiger partial charge is 0.253 e. The molecule has 1 aliphatic rings. The van der Waals surface area contributed by atoms with E-state index in [4.69, 9.17) is 16.4 Å². The Balaban J connectivity index is 2.51. The number of rotatable bonds is 13. The van der Waals surface area contributed by atoms with Gasteiger partial charge in [-0.15, -0.1) is 0 Å². The van der Waals surface area contributed by atoms with Gasteiger partial charge in [-0.3, -0.25) is 34.9 Å². The predicted molar refractivity (Wildman–Crippen MR) is 95.4 cm³/mol. The molecule has 1 rings (SSSR count). The molecule has 28 heavy (non-hydrogen) atoms. The van der Waals surface area contributed by atoms with Crippen LogP contribution in [0.15, 0.2) is 12.2 Å². The third-order valence-corrected chi connectivity index (χ3v) is 4.01. The molecule has 0 aromatic heterocycles. The van der Waals surface area contributed by atoms with Crippen LogP contribution in [-0.2, 0) is 23.9 Å². The largest absolute Gasteiger partial charge is 0.392 e. The number of carbonyl (C=O) groups excluding carboxylic acids is 4. The number of nitrogens with one attached hydrogen (secondary N) is 2. The van der Waals surface area contributed by atoms with Crippen LogP contribution in [0.4, 0.5) is 0 Å². The number of hydrazine groups is 2. The third-order valence-electron chi connectivity index (χ3n) is 4.01. The zero-order valence-electron chi connectivity index (χ0n) is 15.4. The first-order chi connectivity index (χ1) is 13.3. The Hall–Kier alpha value is -2.38. The Labute approximate surface area is 161 Å². The standard InChI is InChI=1S/C16H27N5O7/c17-19-13(24)8-10(22)6-12(7-11(23)9-14(25)20-18)28-5-1-4-21-15(26)2-3-16(21)27/h2-3,10-12,22-23H,1,4-9,17-18H2,(H,19,24)(H,20,25). The molecule has 1 aliphatic heterocycles. The topological polar surface area (TPSA) is 197 Å². The van der Waals surface area contributed by atoms with Crippen LogP contribution in [0, 0.1) is 0 Å².